The number of carbonyl (C=O) groups is 1. The highest BCUT2D eigenvalue weighted by molar-refractivity contribution is 5.69. The highest BCUT2D eigenvalue weighted by Gasteiger charge is 2.04. The van der Waals surface area contributed by atoms with Gasteiger partial charge in [-0.25, -0.2) is 4.98 Å². The van der Waals surface area contributed by atoms with Crippen molar-refractivity contribution in [3.05, 3.63) is 18.2 Å². The van der Waals surface area contributed by atoms with E-state index in [9.17, 15) is 4.79 Å². The molecule has 1 heterocycles. The van der Waals surface area contributed by atoms with E-state index in [2.05, 4.69) is 11.9 Å². The maximum Gasteiger partial charge on any atom is 0.307 e. The van der Waals surface area contributed by atoms with Crippen LogP contribution in [0.3, 0.4) is 0 Å². The number of ether oxygens (including phenoxy) is 1. The van der Waals surface area contributed by atoms with Crippen molar-refractivity contribution in [1.29, 1.82) is 0 Å². The first-order valence-electron chi connectivity index (χ1n) is 6.53. The van der Waals surface area contributed by atoms with Crippen LogP contribution in [0.4, 0.5) is 0 Å². The zero-order valence-electron chi connectivity index (χ0n) is 11.0. The monoisotopic (exact) mass is 254 g/mol. The molecule has 0 unspecified atom stereocenters. The average Bonchev–Trinajstić information content (AvgIpc) is 2.82. The maximum atomic E-state index is 11.4. The van der Waals surface area contributed by atoms with Gasteiger partial charge in [-0.2, -0.15) is 0 Å². The first kappa shape index (κ1) is 14.7. The molecular weight excluding hydrogens is 232 g/mol. The summed E-state index contributed by atoms with van der Waals surface area (Å²) in [6, 6.07) is 0. The summed E-state index contributed by atoms with van der Waals surface area (Å²) < 4.78 is 6.95. The second kappa shape index (κ2) is 8.69. The van der Waals surface area contributed by atoms with Crippen molar-refractivity contribution >= 4 is 5.97 Å². The molecule has 0 bridgehead atoms. The van der Waals surface area contributed by atoms with E-state index < -0.39 is 0 Å². The average molecular weight is 254 g/mol. The Morgan fingerprint density at radius 3 is 3.06 bits per heavy atom. The number of nitrogens with zero attached hydrogens (tertiary/aromatic N) is 2. The fourth-order valence-corrected chi connectivity index (χ4v) is 1.54. The van der Waals surface area contributed by atoms with Gasteiger partial charge in [-0.3, -0.25) is 4.79 Å². The molecule has 1 rings (SSSR count). The third-order valence-corrected chi connectivity index (χ3v) is 2.61. The van der Waals surface area contributed by atoms with Crippen molar-refractivity contribution in [1.82, 2.24) is 9.55 Å². The Bertz CT molecular complexity index is 350. The second-order valence-corrected chi connectivity index (χ2v) is 4.25. The number of aromatic nitrogens is 2. The van der Waals surface area contributed by atoms with E-state index in [-0.39, 0.29) is 12.6 Å². The number of aryl methyl sites for hydroxylation is 2. The number of hydrogen-bond acceptors (Lipinski definition) is 4. The minimum Gasteiger partial charge on any atom is -0.466 e. The summed E-state index contributed by atoms with van der Waals surface area (Å²) in [5.74, 6) is -0.158. The Morgan fingerprint density at radius 1 is 1.50 bits per heavy atom. The molecular formula is C13H22N2O3. The van der Waals surface area contributed by atoms with E-state index in [4.69, 9.17) is 9.84 Å². The van der Waals surface area contributed by atoms with E-state index in [0.29, 0.717) is 19.6 Å². The van der Waals surface area contributed by atoms with E-state index in [1.165, 1.54) is 0 Å². The van der Waals surface area contributed by atoms with Crippen molar-refractivity contribution < 1.29 is 14.6 Å². The Morgan fingerprint density at radius 2 is 2.33 bits per heavy atom. The van der Waals surface area contributed by atoms with Gasteiger partial charge in [-0.05, 0) is 19.3 Å². The Labute approximate surface area is 108 Å². The molecule has 5 nitrogen and oxygen atoms in total. The third-order valence-electron chi connectivity index (χ3n) is 2.61. The van der Waals surface area contributed by atoms with Crippen molar-refractivity contribution in [3.8, 4) is 0 Å². The molecule has 0 saturated heterocycles. The van der Waals surface area contributed by atoms with Crippen LogP contribution in [0.5, 0.6) is 0 Å². The predicted molar refractivity (Wildman–Crippen MR) is 68.1 cm³/mol. The van der Waals surface area contributed by atoms with E-state index in [1.54, 1.807) is 6.33 Å². The summed E-state index contributed by atoms with van der Waals surface area (Å²) in [7, 11) is 0. The molecule has 1 aromatic rings. The smallest absolute Gasteiger partial charge is 0.307 e. The van der Waals surface area contributed by atoms with Gasteiger partial charge in [0.15, 0.2) is 0 Å². The molecule has 0 aromatic carbocycles. The fraction of sp³-hybridized carbons (Fsp3) is 0.692. The summed E-state index contributed by atoms with van der Waals surface area (Å²) in [6.45, 7) is 3.35. The van der Waals surface area contributed by atoms with Crippen LogP contribution in [0.15, 0.2) is 12.5 Å². The summed E-state index contributed by atoms with van der Waals surface area (Å²) >= 11 is 0. The Hall–Kier alpha value is -1.36. The van der Waals surface area contributed by atoms with Crippen molar-refractivity contribution in [2.45, 2.75) is 45.6 Å². The summed E-state index contributed by atoms with van der Waals surface area (Å²) in [4.78, 5) is 15.6. The molecule has 1 aromatic heterocycles. The van der Waals surface area contributed by atoms with Gasteiger partial charge in [0.2, 0.25) is 0 Å². The molecule has 0 fully saturated rings. The molecule has 0 atom stereocenters. The predicted octanol–water partition coefficient (Wildman–Crippen LogP) is 1.54. The zero-order chi connectivity index (χ0) is 13.2. The lowest BCUT2D eigenvalue weighted by molar-refractivity contribution is -0.144. The summed E-state index contributed by atoms with van der Waals surface area (Å²) in [5, 5.41) is 8.72. The number of aliphatic hydroxyl groups excluding tert-OH is 1. The number of unbranched alkanes of at least 4 members (excludes halogenated alkanes) is 1. The van der Waals surface area contributed by atoms with Crippen LogP contribution in [-0.2, 0) is 22.5 Å². The number of aliphatic hydroxyl groups is 1. The highest BCUT2D eigenvalue weighted by atomic mass is 16.5. The number of hydrogen-bond donors (Lipinski definition) is 1. The first-order valence-corrected chi connectivity index (χ1v) is 6.53. The SMILES string of the molecule is CCCCOC(=O)CCn1cnc(CCCO)c1. The third kappa shape index (κ3) is 5.82. The lowest BCUT2D eigenvalue weighted by Crippen LogP contribution is -2.09. The normalized spacial score (nSPS) is 10.6. The molecule has 5 heteroatoms. The topological polar surface area (TPSA) is 64.4 Å². The van der Waals surface area contributed by atoms with E-state index in [1.807, 2.05) is 10.8 Å². The minimum atomic E-state index is -0.158. The standard InChI is InChI=1S/C13H22N2O3/c1-2-3-9-18-13(17)6-7-15-10-12(14-11-15)5-4-8-16/h10-11,16H,2-9H2,1H3. The fourth-order valence-electron chi connectivity index (χ4n) is 1.54. The molecule has 18 heavy (non-hydrogen) atoms. The van der Waals surface area contributed by atoms with Gasteiger partial charge >= 0.3 is 5.97 Å². The van der Waals surface area contributed by atoms with E-state index in [0.717, 1.165) is 31.4 Å². The van der Waals surface area contributed by atoms with Gasteiger partial charge in [-0.1, -0.05) is 13.3 Å². The lowest BCUT2D eigenvalue weighted by Gasteiger charge is -2.04. The molecule has 0 aliphatic heterocycles. The van der Waals surface area contributed by atoms with Gasteiger partial charge < -0.3 is 14.4 Å². The molecule has 0 aliphatic rings. The molecule has 0 saturated carbocycles. The lowest BCUT2D eigenvalue weighted by atomic mass is 10.3. The van der Waals surface area contributed by atoms with Gasteiger partial charge in [0.25, 0.3) is 0 Å². The molecule has 1 N–H and O–H groups in total. The number of carbonyl (C=O) groups excluding carboxylic acids is 1. The van der Waals surface area contributed by atoms with Crippen LogP contribution in [0.2, 0.25) is 0 Å². The second-order valence-electron chi connectivity index (χ2n) is 4.25. The minimum absolute atomic E-state index is 0.158. The molecule has 102 valence electrons. The summed E-state index contributed by atoms with van der Waals surface area (Å²) in [5.41, 5.74) is 0.948. The number of esters is 1. The Kier molecular flexibility index (Phi) is 7.10. The van der Waals surface area contributed by atoms with Crippen LogP contribution in [-0.4, -0.2) is 33.8 Å². The zero-order valence-corrected chi connectivity index (χ0v) is 11.0. The van der Waals surface area contributed by atoms with Crippen molar-refractivity contribution in [2.24, 2.45) is 0 Å². The van der Waals surface area contributed by atoms with Gasteiger partial charge in [-0.15, -0.1) is 0 Å². The molecule has 0 aliphatic carbocycles. The van der Waals surface area contributed by atoms with Crippen LogP contribution >= 0.6 is 0 Å². The highest BCUT2D eigenvalue weighted by Crippen LogP contribution is 2.02. The van der Waals surface area contributed by atoms with Crippen LogP contribution in [0.1, 0.15) is 38.3 Å². The number of rotatable bonds is 9. The molecule has 0 spiro atoms. The molecule has 0 radical (unpaired) electrons. The van der Waals surface area contributed by atoms with Gasteiger partial charge in [0.1, 0.15) is 0 Å². The van der Waals surface area contributed by atoms with Crippen molar-refractivity contribution in [2.75, 3.05) is 13.2 Å². The largest absolute Gasteiger partial charge is 0.466 e. The van der Waals surface area contributed by atoms with Crippen LogP contribution in [0, 0.1) is 0 Å². The van der Waals surface area contributed by atoms with Gasteiger partial charge in [0.05, 0.1) is 25.0 Å². The van der Waals surface area contributed by atoms with E-state index >= 15 is 0 Å². The summed E-state index contributed by atoms with van der Waals surface area (Å²) in [6.07, 6.45) is 7.44. The molecule has 0 amide bonds. The van der Waals surface area contributed by atoms with Crippen LogP contribution < -0.4 is 0 Å². The van der Waals surface area contributed by atoms with Crippen LogP contribution in [0.25, 0.3) is 0 Å². The first-order chi connectivity index (χ1) is 8.76. The van der Waals surface area contributed by atoms with Crippen molar-refractivity contribution in [3.63, 3.8) is 0 Å². The number of imidazole rings is 1. The quantitative estimate of drug-likeness (QED) is 0.536. The Balaban J connectivity index is 2.21. The van der Waals surface area contributed by atoms with Gasteiger partial charge in [0, 0.05) is 19.3 Å². The maximum absolute atomic E-state index is 11.4.